The number of carboxylic acids is 1. The molecule has 2 saturated carbocycles. The molecular formula is C16H17ClN2O2. The molecule has 2 fully saturated rings. The number of imidazole rings is 1. The van der Waals surface area contributed by atoms with E-state index in [0.29, 0.717) is 11.1 Å². The average Bonchev–Trinajstić information content (AvgIpc) is 3.03. The number of aliphatic carboxylic acids is 1. The summed E-state index contributed by atoms with van der Waals surface area (Å²) in [6, 6.07) is 6.20. The molecule has 0 bridgehead atoms. The Morgan fingerprint density at radius 3 is 2.81 bits per heavy atom. The average molecular weight is 305 g/mol. The van der Waals surface area contributed by atoms with E-state index in [1.807, 2.05) is 18.2 Å². The van der Waals surface area contributed by atoms with Crippen LogP contribution in [0.15, 0.2) is 18.2 Å². The summed E-state index contributed by atoms with van der Waals surface area (Å²) < 4.78 is 2.23. The quantitative estimate of drug-likeness (QED) is 0.932. The van der Waals surface area contributed by atoms with Gasteiger partial charge >= 0.3 is 5.97 Å². The summed E-state index contributed by atoms with van der Waals surface area (Å²) in [5, 5.41) is 10.2. The fourth-order valence-electron chi connectivity index (χ4n) is 3.65. The number of carboxylic acid groups (broad SMARTS) is 1. The second-order valence-electron chi connectivity index (χ2n) is 6.16. The first kappa shape index (κ1) is 13.1. The number of benzene rings is 1. The molecule has 21 heavy (non-hydrogen) atoms. The van der Waals surface area contributed by atoms with Gasteiger partial charge in [-0.3, -0.25) is 4.79 Å². The van der Waals surface area contributed by atoms with Crippen molar-refractivity contribution in [2.24, 2.45) is 5.92 Å². The Morgan fingerprint density at radius 1 is 1.29 bits per heavy atom. The highest BCUT2D eigenvalue weighted by Crippen LogP contribution is 2.46. The molecule has 0 radical (unpaired) electrons. The number of hydrogen-bond donors (Lipinski definition) is 1. The summed E-state index contributed by atoms with van der Waals surface area (Å²) >= 11 is 6.38. The minimum atomic E-state index is -0.696. The number of carbonyl (C=O) groups is 1. The third-order valence-electron chi connectivity index (χ3n) is 4.77. The largest absolute Gasteiger partial charge is 0.481 e. The summed E-state index contributed by atoms with van der Waals surface area (Å²) in [6.07, 6.45) is 4.89. The first-order chi connectivity index (χ1) is 10.2. The number of rotatable bonds is 3. The predicted molar refractivity (Wildman–Crippen MR) is 80.7 cm³/mol. The van der Waals surface area contributed by atoms with Crippen LogP contribution in [-0.4, -0.2) is 20.6 Å². The van der Waals surface area contributed by atoms with E-state index in [1.54, 1.807) is 0 Å². The maximum absolute atomic E-state index is 11.5. The van der Waals surface area contributed by atoms with Crippen LogP contribution < -0.4 is 0 Å². The summed E-state index contributed by atoms with van der Waals surface area (Å²) in [5.41, 5.74) is 1.87. The molecule has 4 nitrogen and oxygen atoms in total. The number of hydrogen-bond acceptors (Lipinski definition) is 2. The van der Waals surface area contributed by atoms with Gasteiger partial charge in [0.1, 0.15) is 5.82 Å². The van der Waals surface area contributed by atoms with Crippen LogP contribution in [0.25, 0.3) is 11.0 Å². The Labute approximate surface area is 127 Å². The molecule has 4 rings (SSSR count). The van der Waals surface area contributed by atoms with Crippen LogP contribution in [0.1, 0.15) is 49.9 Å². The molecule has 1 N–H and O–H groups in total. The Hall–Kier alpha value is -1.55. The van der Waals surface area contributed by atoms with Gasteiger partial charge in [0.05, 0.1) is 22.0 Å². The monoisotopic (exact) mass is 304 g/mol. The molecule has 2 aromatic rings. The summed E-state index contributed by atoms with van der Waals surface area (Å²) in [6.45, 7) is 0. The van der Waals surface area contributed by atoms with E-state index in [4.69, 9.17) is 16.6 Å². The molecule has 110 valence electrons. The van der Waals surface area contributed by atoms with Crippen molar-refractivity contribution >= 4 is 28.6 Å². The van der Waals surface area contributed by atoms with E-state index in [1.165, 1.54) is 0 Å². The second kappa shape index (κ2) is 4.73. The van der Waals surface area contributed by atoms with Crippen molar-refractivity contribution in [1.29, 1.82) is 0 Å². The zero-order chi connectivity index (χ0) is 14.6. The van der Waals surface area contributed by atoms with Crippen molar-refractivity contribution in [2.45, 2.75) is 44.1 Å². The molecule has 5 heteroatoms. The van der Waals surface area contributed by atoms with Gasteiger partial charge in [0.15, 0.2) is 0 Å². The van der Waals surface area contributed by atoms with Crippen LogP contribution in [0.2, 0.25) is 5.02 Å². The molecule has 2 atom stereocenters. The normalized spacial score (nSPS) is 25.6. The van der Waals surface area contributed by atoms with Gasteiger partial charge in [-0.15, -0.1) is 0 Å². The molecule has 1 aromatic carbocycles. The van der Waals surface area contributed by atoms with Gasteiger partial charge in [0.2, 0.25) is 0 Å². The Morgan fingerprint density at radius 2 is 2.10 bits per heavy atom. The topological polar surface area (TPSA) is 55.1 Å². The van der Waals surface area contributed by atoms with Gasteiger partial charge in [-0.25, -0.2) is 4.98 Å². The van der Waals surface area contributed by atoms with Crippen LogP contribution >= 0.6 is 11.6 Å². The molecule has 2 aliphatic rings. The van der Waals surface area contributed by atoms with Gasteiger partial charge in [0, 0.05) is 12.0 Å². The second-order valence-corrected chi connectivity index (χ2v) is 6.57. The van der Waals surface area contributed by atoms with Crippen molar-refractivity contribution in [3.05, 3.63) is 29.0 Å². The van der Waals surface area contributed by atoms with Crippen molar-refractivity contribution in [2.75, 3.05) is 0 Å². The first-order valence-electron chi connectivity index (χ1n) is 7.56. The Bertz CT molecular complexity index is 720. The van der Waals surface area contributed by atoms with E-state index in [-0.39, 0.29) is 11.8 Å². The third-order valence-corrected chi connectivity index (χ3v) is 5.07. The third kappa shape index (κ3) is 2.04. The lowest BCUT2D eigenvalue weighted by molar-refractivity contribution is -0.142. The molecule has 0 amide bonds. The molecule has 0 aliphatic heterocycles. The highest BCUT2D eigenvalue weighted by Gasteiger charge is 2.39. The number of halogens is 1. The minimum absolute atomic E-state index is 0.0200. The van der Waals surface area contributed by atoms with E-state index in [2.05, 4.69) is 4.57 Å². The molecule has 0 saturated heterocycles. The lowest BCUT2D eigenvalue weighted by atomic mass is 9.95. The fourth-order valence-corrected chi connectivity index (χ4v) is 3.91. The SMILES string of the molecule is O=C(O)C1CCCC1c1nc2cccc(Cl)c2n1C1CC1. The van der Waals surface area contributed by atoms with Gasteiger partial charge in [-0.1, -0.05) is 24.1 Å². The van der Waals surface area contributed by atoms with Crippen LogP contribution in [-0.2, 0) is 4.79 Å². The van der Waals surface area contributed by atoms with E-state index in [9.17, 15) is 9.90 Å². The highest BCUT2D eigenvalue weighted by atomic mass is 35.5. The zero-order valence-corrected chi connectivity index (χ0v) is 12.4. The number of aromatic nitrogens is 2. The number of fused-ring (bicyclic) bond motifs is 1. The summed E-state index contributed by atoms with van der Waals surface area (Å²) in [4.78, 5) is 16.3. The standard InChI is InChI=1S/C16H17ClN2O2/c17-12-5-2-6-13-14(12)19(9-7-8-9)15(18-13)10-3-1-4-11(10)16(20)21/h2,5-6,9-11H,1,3-4,7-8H2,(H,20,21). The first-order valence-corrected chi connectivity index (χ1v) is 7.93. The minimum Gasteiger partial charge on any atom is -0.481 e. The zero-order valence-electron chi connectivity index (χ0n) is 11.6. The molecule has 1 aromatic heterocycles. The van der Waals surface area contributed by atoms with Gasteiger partial charge in [0.25, 0.3) is 0 Å². The maximum Gasteiger partial charge on any atom is 0.307 e. The van der Waals surface area contributed by atoms with Gasteiger partial charge < -0.3 is 9.67 Å². The fraction of sp³-hybridized carbons (Fsp3) is 0.500. The smallest absolute Gasteiger partial charge is 0.307 e. The van der Waals surface area contributed by atoms with Crippen molar-refractivity contribution in [3.63, 3.8) is 0 Å². The van der Waals surface area contributed by atoms with E-state index in [0.717, 1.165) is 49.0 Å². The number of nitrogens with zero attached hydrogens (tertiary/aromatic N) is 2. The lowest BCUT2D eigenvalue weighted by Gasteiger charge is -2.17. The molecule has 1 heterocycles. The van der Waals surface area contributed by atoms with Crippen LogP contribution in [0.5, 0.6) is 0 Å². The summed E-state index contributed by atoms with van der Waals surface area (Å²) in [5.74, 6) is -0.0480. The Balaban J connectivity index is 1.90. The predicted octanol–water partition coefficient (Wildman–Crippen LogP) is 3.99. The molecule has 2 aliphatic carbocycles. The lowest BCUT2D eigenvalue weighted by Crippen LogP contribution is -2.20. The maximum atomic E-state index is 11.5. The van der Waals surface area contributed by atoms with Crippen molar-refractivity contribution < 1.29 is 9.90 Å². The van der Waals surface area contributed by atoms with Crippen LogP contribution in [0.4, 0.5) is 0 Å². The van der Waals surface area contributed by atoms with Gasteiger partial charge in [-0.05, 0) is 37.8 Å². The van der Waals surface area contributed by atoms with E-state index >= 15 is 0 Å². The summed E-state index contributed by atoms with van der Waals surface area (Å²) in [7, 11) is 0. The van der Waals surface area contributed by atoms with Crippen LogP contribution in [0, 0.1) is 5.92 Å². The van der Waals surface area contributed by atoms with E-state index < -0.39 is 5.97 Å². The Kier molecular flexibility index (Phi) is 2.96. The molecule has 2 unspecified atom stereocenters. The van der Waals surface area contributed by atoms with Crippen molar-refractivity contribution in [1.82, 2.24) is 9.55 Å². The molecular weight excluding hydrogens is 288 g/mol. The number of para-hydroxylation sites is 1. The van der Waals surface area contributed by atoms with Crippen LogP contribution in [0.3, 0.4) is 0 Å². The molecule has 0 spiro atoms. The highest BCUT2D eigenvalue weighted by molar-refractivity contribution is 6.35. The van der Waals surface area contributed by atoms with Crippen molar-refractivity contribution in [3.8, 4) is 0 Å². The van der Waals surface area contributed by atoms with Gasteiger partial charge in [-0.2, -0.15) is 0 Å².